The van der Waals surface area contributed by atoms with Crippen LogP contribution in [0.3, 0.4) is 0 Å². The predicted octanol–water partition coefficient (Wildman–Crippen LogP) is 9.09. The number of aromatic hydroxyl groups is 2. The summed E-state index contributed by atoms with van der Waals surface area (Å²) in [4.78, 5) is 0. The van der Waals surface area contributed by atoms with Crippen molar-refractivity contribution in [3.63, 3.8) is 0 Å². The standard InChI is InChI=1S/C38H46O4/c1-26(31-22-27(24-33(35(31)39)37(2,3)4)18-20-41-29-14-10-8-11-15-29)32-23-28(25-34(36(32)40)38(5,6)7)19-21-42-30-16-12-9-13-17-30/h8-17,22-26,39-40H,18-21H2,1-7H3. The molecule has 222 valence electrons. The minimum absolute atomic E-state index is 0.239. The highest BCUT2D eigenvalue weighted by Gasteiger charge is 2.28. The van der Waals surface area contributed by atoms with Crippen molar-refractivity contribution in [1.29, 1.82) is 0 Å². The van der Waals surface area contributed by atoms with Crippen LogP contribution in [0.4, 0.5) is 0 Å². The minimum atomic E-state index is -0.260. The first-order chi connectivity index (χ1) is 19.8. The van der Waals surface area contributed by atoms with Crippen LogP contribution in [0.15, 0.2) is 84.9 Å². The molecule has 0 saturated carbocycles. The Morgan fingerprint density at radius 3 is 1.26 bits per heavy atom. The van der Waals surface area contributed by atoms with Crippen LogP contribution in [-0.2, 0) is 23.7 Å². The summed E-state index contributed by atoms with van der Waals surface area (Å²) in [7, 11) is 0. The molecule has 0 aliphatic carbocycles. The Hall–Kier alpha value is -3.92. The van der Waals surface area contributed by atoms with E-state index in [1.165, 1.54) is 0 Å². The highest BCUT2D eigenvalue weighted by atomic mass is 16.5. The van der Waals surface area contributed by atoms with E-state index in [9.17, 15) is 10.2 Å². The molecule has 0 heterocycles. The average Bonchev–Trinajstić information content (AvgIpc) is 2.94. The predicted molar refractivity (Wildman–Crippen MR) is 172 cm³/mol. The fourth-order valence-corrected chi connectivity index (χ4v) is 5.30. The molecule has 0 bridgehead atoms. The molecule has 0 aromatic heterocycles. The maximum absolute atomic E-state index is 11.6. The number of benzene rings is 4. The zero-order valence-electron chi connectivity index (χ0n) is 26.2. The van der Waals surface area contributed by atoms with Gasteiger partial charge in [-0.2, -0.15) is 0 Å². The second kappa shape index (κ2) is 12.9. The van der Waals surface area contributed by atoms with Crippen molar-refractivity contribution in [2.45, 2.75) is 78.1 Å². The second-order valence-corrected chi connectivity index (χ2v) is 13.2. The van der Waals surface area contributed by atoms with Gasteiger partial charge in [-0.3, -0.25) is 0 Å². The number of hydrogen-bond donors (Lipinski definition) is 2. The zero-order chi connectivity index (χ0) is 30.5. The van der Waals surface area contributed by atoms with E-state index >= 15 is 0 Å². The Kier molecular flexibility index (Phi) is 9.56. The number of phenols is 2. The van der Waals surface area contributed by atoms with Gasteiger partial charge < -0.3 is 19.7 Å². The van der Waals surface area contributed by atoms with Crippen molar-refractivity contribution < 1.29 is 19.7 Å². The van der Waals surface area contributed by atoms with Crippen molar-refractivity contribution in [2.24, 2.45) is 0 Å². The van der Waals surface area contributed by atoms with Crippen LogP contribution in [0.25, 0.3) is 0 Å². The first-order valence-corrected chi connectivity index (χ1v) is 14.9. The molecule has 0 amide bonds. The van der Waals surface area contributed by atoms with Gasteiger partial charge in [-0.25, -0.2) is 0 Å². The fraction of sp³-hybridized carbons (Fsp3) is 0.368. The Morgan fingerprint density at radius 2 is 0.929 bits per heavy atom. The van der Waals surface area contributed by atoms with E-state index in [-0.39, 0.29) is 28.2 Å². The van der Waals surface area contributed by atoms with Gasteiger partial charge in [0.2, 0.25) is 0 Å². The van der Waals surface area contributed by atoms with E-state index in [4.69, 9.17) is 9.47 Å². The van der Waals surface area contributed by atoms with Gasteiger partial charge in [-0.15, -0.1) is 0 Å². The smallest absolute Gasteiger partial charge is 0.123 e. The lowest BCUT2D eigenvalue weighted by atomic mass is 9.78. The summed E-state index contributed by atoms with van der Waals surface area (Å²) in [5.41, 5.74) is 5.08. The molecule has 0 spiro atoms. The zero-order valence-corrected chi connectivity index (χ0v) is 26.2. The molecular formula is C38H46O4. The maximum Gasteiger partial charge on any atom is 0.123 e. The van der Waals surface area contributed by atoms with Gasteiger partial charge in [0.25, 0.3) is 0 Å². The highest BCUT2D eigenvalue weighted by molar-refractivity contribution is 5.56. The van der Waals surface area contributed by atoms with Crippen LogP contribution in [0, 0.1) is 0 Å². The van der Waals surface area contributed by atoms with Crippen LogP contribution in [0.5, 0.6) is 23.0 Å². The molecule has 0 aliphatic rings. The average molecular weight is 567 g/mol. The van der Waals surface area contributed by atoms with Gasteiger partial charge >= 0.3 is 0 Å². The molecule has 0 aliphatic heterocycles. The molecule has 2 N–H and O–H groups in total. The van der Waals surface area contributed by atoms with Crippen molar-refractivity contribution in [2.75, 3.05) is 13.2 Å². The monoisotopic (exact) mass is 566 g/mol. The topological polar surface area (TPSA) is 58.9 Å². The molecule has 4 aromatic carbocycles. The molecule has 4 rings (SSSR count). The van der Waals surface area contributed by atoms with Crippen LogP contribution in [0.2, 0.25) is 0 Å². The van der Waals surface area contributed by atoms with Gasteiger partial charge in [0.1, 0.15) is 23.0 Å². The number of para-hydroxylation sites is 2. The lowest BCUT2D eigenvalue weighted by Crippen LogP contribution is -2.16. The van der Waals surface area contributed by atoms with Gasteiger partial charge in [0.15, 0.2) is 0 Å². The Balaban J connectivity index is 1.68. The van der Waals surface area contributed by atoms with Gasteiger partial charge in [-0.05, 0) is 57.3 Å². The number of ether oxygens (including phenoxy) is 2. The largest absolute Gasteiger partial charge is 0.507 e. The maximum atomic E-state index is 11.6. The Bertz CT molecular complexity index is 1350. The normalized spacial score (nSPS) is 12.0. The van der Waals surface area contributed by atoms with Crippen molar-refractivity contribution in [3.05, 3.63) is 118 Å². The minimum Gasteiger partial charge on any atom is -0.507 e. The van der Waals surface area contributed by atoms with E-state index in [0.717, 1.165) is 44.9 Å². The quantitative estimate of drug-likeness (QED) is 0.201. The van der Waals surface area contributed by atoms with Crippen LogP contribution in [0.1, 0.15) is 87.8 Å². The summed E-state index contributed by atoms with van der Waals surface area (Å²) in [6.45, 7) is 15.8. The Morgan fingerprint density at radius 1 is 0.571 bits per heavy atom. The molecule has 4 heteroatoms. The first kappa shape index (κ1) is 31.0. The third-order valence-electron chi connectivity index (χ3n) is 7.75. The van der Waals surface area contributed by atoms with Gasteiger partial charge in [-0.1, -0.05) is 109 Å². The van der Waals surface area contributed by atoms with Crippen molar-refractivity contribution in [1.82, 2.24) is 0 Å². The first-order valence-electron chi connectivity index (χ1n) is 14.9. The molecular weight excluding hydrogens is 520 g/mol. The molecule has 4 nitrogen and oxygen atoms in total. The summed E-state index contributed by atoms with van der Waals surface area (Å²) in [5.74, 6) is 2.02. The number of hydrogen-bond acceptors (Lipinski definition) is 4. The van der Waals surface area contributed by atoms with Crippen molar-refractivity contribution in [3.8, 4) is 23.0 Å². The number of phenolic OH excluding ortho intramolecular Hbond substituents is 2. The second-order valence-electron chi connectivity index (χ2n) is 13.2. The summed E-state index contributed by atoms with van der Waals surface area (Å²) < 4.78 is 12.0. The van der Waals surface area contributed by atoms with E-state index < -0.39 is 0 Å². The van der Waals surface area contributed by atoms with Gasteiger partial charge in [0.05, 0.1) is 13.2 Å². The van der Waals surface area contributed by atoms with E-state index in [1.807, 2.05) is 60.7 Å². The van der Waals surface area contributed by atoms with Gasteiger partial charge in [0, 0.05) is 29.9 Å². The Labute approximate surface area is 252 Å². The molecule has 0 saturated heterocycles. The molecule has 0 atom stereocenters. The number of rotatable bonds is 10. The summed E-state index contributed by atoms with van der Waals surface area (Å²) in [6, 6.07) is 28.0. The van der Waals surface area contributed by atoms with E-state index in [2.05, 4.69) is 72.7 Å². The molecule has 0 unspecified atom stereocenters. The van der Waals surface area contributed by atoms with Crippen LogP contribution < -0.4 is 9.47 Å². The highest BCUT2D eigenvalue weighted by Crippen LogP contribution is 2.44. The van der Waals surface area contributed by atoms with E-state index in [0.29, 0.717) is 26.1 Å². The molecule has 4 aromatic rings. The third-order valence-corrected chi connectivity index (χ3v) is 7.75. The molecule has 0 radical (unpaired) electrons. The molecule has 42 heavy (non-hydrogen) atoms. The van der Waals surface area contributed by atoms with Crippen molar-refractivity contribution >= 4 is 0 Å². The summed E-state index contributed by atoms with van der Waals surface area (Å²) >= 11 is 0. The van der Waals surface area contributed by atoms with Crippen LogP contribution >= 0.6 is 0 Å². The SMILES string of the molecule is CC(c1cc(CCOc2ccccc2)cc(C(C)(C)C)c1O)c1cc(CCOc2ccccc2)cc(C(C)(C)C)c1O. The summed E-state index contributed by atoms with van der Waals surface area (Å²) in [6.07, 6.45) is 1.40. The lowest BCUT2D eigenvalue weighted by Gasteiger charge is -2.28. The molecule has 0 fully saturated rings. The fourth-order valence-electron chi connectivity index (χ4n) is 5.30. The summed E-state index contributed by atoms with van der Waals surface area (Å²) in [5, 5.41) is 23.2. The third kappa shape index (κ3) is 7.67. The lowest BCUT2D eigenvalue weighted by molar-refractivity contribution is 0.321. The van der Waals surface area contributed by atoms with E-state index in [1.54, 1.807) is 0 Å². The van der Waals surface area contributed by atoms with Crippen LogP contribution in [-0.4, -0.2) is 23.4 Å².